The summed E-state index contributed by atoms with van der Waals surface area (Å²) < 4.78 is 5.56. The van der Waals surface area contributed by atoms with Crippen LogP contribution in [0.15, 0.2) is 48.5 Å². The molecule has 0 fully saturated rings. The van der Waals surface area contributed by atoms with E-state index in [1.807, 2.05) is 32.0 Å². The number of hydrogen-bond donors (Lipinski definition) is 1. The molecule has 2 nitrogen and oxygen atoms in total. The summed E-state index contributed by atoms with van der Waals surface area (Å²) in [6, 6.07) is 16.6. The lowest BCUT2D eigenvalue weighted by Gasteiger charge is -2.26. The summed E-state index contributed by atoms with van der Waals surface area (Å²) in [7, 11) is 0. The summed E-state index contributed by atoms with van der Waals surface area (Å²) in [6.07, 6.45) is 1.04. The van der Waals surface area contributed by atoms with Gasteiger partial charge in [-0.15, -0.1) is 0 Å². The minimum atomic E-state index is -0.515. The highest BCUT2D eigenvalue weighted by molar-refractivity contribution is 5.41. The van der Waals surface area contributed by atoms with E-state index < -0.39 is 5.54 Å². The van der Waals surface area contributed by atoms with Crippen LogP contribution in [0.3, 0.4) is 0 Å². The Morgan fingerprint density at radius 2 is 1.70 bits per heavy atom. The van der Waals surface area contributed by atoms with Gasteiger partial charge in [0.2, 0.25) is 0 Å². The minimum absolute atomic E-state index is 0.515. The first-order valence-corrected chi connectivity index (χ1v) is 7.19. The zero-order valence-corrected chi connectivity index (χ0v) is 12.5. The highest BCUT2D eigenvalue weighted by atomic mass is 16.5. The summed E-state index contributed by atoms with van der Waals surface area (Å²) in [5.41, 5.74) is 9.55. The van der Waals surface area contributed by atoms with Gasteiger partial charge in [-0.3, -0.25) is 0 Å². The smallest absolute Gasteiger partial charge is 0.119 e. The molecule has 0 saturated heterocycles. The third-order valence-corrected chi connectivity index (χ3v) is 3.71. The van der Waals surface area contributed by atoms with Crippen molar-refractivity contribution in [3.05, 3.63) is 65.2 Å². The van der Waals surface area contributed by atoms with Crippen molar-refractivity contribution in [2.45, 2.75) is 32.7 Å². The molecule has 0 saturated carbocycles. The number of ether oxygens (including phenoxy) is 1. The van der Waals surface area contributed by atoms with Crippen LogP contribution < -0.4 is 10.5 Å². The Morgan fingerprint density at radius 1 is 1.00 bits per heavy atom. The molecule has 0 aromatic heterocycles. The Hall–Kier alpha value is -1.80. The van der Waals surface area contributed by atoms with E-state index in [0.717, 1.165) is 23.3 Å². The van der Waals surface area contributed by atoms with E-state index in [0.29, 0.717) is 6.61 Å². The van der Waals surface area contributed by atoms with Gasteiger partial charge in [-0.05, 0) is 49.1 Å². The standard InChI is InChI=1S/C18H23NO/c1-4-14-9-11-15(12-10-14)18(3,19)16-7-6-8-17(13-16)20-5-2/h6-13H,4-5,19H2,1-3H3. The van der Waals surface area contributed by atoms with Crippen molar-refractivity contribution in [3.63, 3.8) is 0 Å². The molecule has 2 aromatic rings. The van der Waals surface area contributed by atoms with Gasteiger partial charge in [-0.1, -0.05) is 43.3 Å². The molecular weight excluding hydrogens is 246 g/mol. The number of rotatable bonds is 5. The molecule has 2 heteroatoms. The Labute approximate surface area is 121 Å². The average molecular weight is 269 g/mol. The quantitative estimate of drug-likeness (QED) is 0.894. The van der Waals surface area contributed by atoms with Crippen LogP contribution in [0.2, 0.25) is 0 Å². The van der Waals surface area contributed by atoms with Crippen LogP contribution in [-0.2, 0) is 12.0 Å². The lowest BCUT2D eigenvalue weighted by molar-refractivity contribution is 0.339. The van der Waals surface area contributed by atoms with E-state index in [9.17, 15) is 0 Å². The van der Waals surface area contributed by atoms with Gasteiger partial charge >= 0.3 is 0 Å². The molecule has 20 heavy (non-hydrogen) atoms. The molecule has 0 heterocycles. The van der Waals surface area contributed by atoms with E-state index >= 15 is 0 Å². The summed E-state index contributed by atoms with van der Waals surface area (Å²) in [5.74, 6) is 0.867. The van der Waals surface area contributed by atoms with Crippen molar-refractivity contribution in [2.75, 3.05) is 6.61 Å². The fourth-order valence-electron chi connectivity index (χ4n) is 2.33. The molecule has 0 radical (unpaired) electrons. The topological polar surface area (TPSA) is 35.2 Å². The molecule has 1 atom stereocenters. The molecule has 0 amide bonds. The molecule has 1 unspecified atom stereocenters. The van der Waals surface area contributed by atoms with Gasteiger partial charge in [0.15, 0.2) is 0 Å². The normalized spacial score (nSPS) is 13.8. The lowest BCUT2D eigenvalue weighted by atomic mass is 9.85. The van der Waals surface area contributed by atoms with Crippen molar-refractivity contribution in [3.8, 4) is 5.75 Å². The monoisotopic (exact) mass is 269 g/mol. The third-order valence-electron chi connectivity index (χ3n) is 3.71. The van der Waals surface area contributed by atoms with E-state index in [1.165, 1.54) is 5.56 Å². The van der Waals surface area contributed by atoms with Gasteiger partial charge in [-0.2, -0.15) is 0 Å². The van der Waals surface area contributed by atoms with Crippen LogP contribution >= 0.6 is 0 Å². The van der Waals surface area contributed by atoms with Crippen molar-refractivity contribution in [1.29, 1.82) is 0 Å². The Bertz CT molecular complexity index is 558. The number of benzene rings is 2. The van der Waals surface area contributed by atoms with E-state index in [-0.39, 0.29) is 0 Å². The lowest BCUT2D eigenvalue weighted by Crippen LogP contribution is -2.34. The second-order valence-electron chi connectivity index (χ2n) is 5.21. The first kappa shape index (κ1) is 14.6. The summed E-state index contributed by atoms with van der Waals surface area (Å²) in [6.45, 7) is 6.84. The summed E-state index contributed by atoms with van der Waals surface area (Å²) in [4.78, 5) is 0. The number of aryl methyl sites for hydroxylation is 1. The van der Waals surface area contributed by atoms with Crippen molar-refractivity contribution in [2.24, 2.45) is 5.73 Å². The maximum Gasteiger partial charge on any atom is 0.119 e. The molecule has 0 spiro atoms. The zero-order chi connectivity index (χ0) is 14.6. The third kappa shape index (κ3) is 3.02. The molecule has 0 aliphatic heterocycles. The molecule has 106 valence electrons. The summed E-state index contributed by atoms with van der Waals surface area (Å²) >= 11 is 0. The van der Waals surface area contributed by atoms with Gasteiger partial charge in [0.25, 0.3) is 0 Å². The van der Waals surface area contributed by atoms with Gasteiger partial charge < -0.3 is 10.5 Å². The number of hydrogen-bond acceptors (Lipinski definition) is 2. The molecule has 0 aliphatic rings. The van der Waals surface area contributed by atoms with Crippen LogP contribution in [0.5, 0.6) is 5.75 Å². The number of nitrogens with two attached hydrogens (primary N) is 1. The summed E-state index contributed by atoms with van der Waals surface area (Å²) in [5, 5.41) is 0. The molecule has 0 bridgehead atoms. The highest BCUT2D eigenvalue weighted by Crippen LogP contribution is 2.29. The first-order chi connectivity index (χ1) is 9.57. The molecule has 2 N–H and O–H groups in total. The molecule has 2 aromatic carbocycles. The predicted octanol–water partition coefficient (Wildman–Crippen LogP) is 3.87. The van der Waals surface area contributed by atoms with Crippen LogP contribution in [0.1, 0.15) is 37.5 Å². The van der Waals surface area contributed by atoms with Crippen molar-refractivity contribution in [1.82, 2.24) is 0 Å². The Balaban J connectivity index is 2.34. The molecule has 0 aliphatic carbocycles. The zero-order valence-electron chi connectivity index (χ0n) is 12.5. The van der Waals surface area contributed by atoms with Crippen LogP contribution in [-0.4, -0.2) is 6.61 Å². The Kier molecular flexibility index (Phi) is 4.46. The van der Waals surface area contributed by atoms with Crippen LogP contribution in [0.4, 0.5) is 0 Å². The largest absolute Gasteiger partial charge is 0.494 e. The van der Waals surface area contributed by atoms with Crippen molar-refractivity contribution >= 4 is 0 Å². The van der Waals surface area contributed by atoms with Gasteiger partial charge in [0.1, 0.15) is 5.75 Å². The molecule has 2 rings (SSSR count). The van der Waals surface area contributed by atoms with Gasteiger partial charge in [0, 0.05) is 0 Å². The van der Waals surface area contributed by atoms with Gasteiger partial charge in [0.05, 0.1) is 12.1 Å². The minimum Gasteiger partial charge on any atom is -0.494 e. The fourth-order valence-corrected chi connectivity index (χ4v) is 2.33. The van der Waals surface area contributed by atoms with Gasteiger partial charge in [-0.25, -0.2) is 0 Å². The SMILES string of the molecule is CCOc1cccc(C(C)(N)c2ccc(CC)cc2)c1. The Morgan fingerprint density at radius 3 is 2.30 bits per heavy atom. The predicted molar refractivity (Wildman–Crippen MR) is 84.1 cm³/mol. The van der Waals surface area contributed by atoms with E-state index in [4.69, 9.17) is 10.5 Å². The second-order valence-corrected chi connectivity index (χ2v) is 5.21. The highest BCUT2D eigenvalue weighted by Gasteiger charge is 2.24. The molecular formula is C18H23NO. The van der Waals surface area contributed by atoms with Crippen molar-refractivity contribution < 1.29 is 4.74 Å². The average Bonchev–Trinajstić information content (AvgIpc) is 2.48. The van der Waals surface area contributed by atoms with E-state index in [2.05, 4.69) is 37.3 Å². The maximum absolute atomic E-state index is 6.56. The fraction of sp³-hybridized carbons (Fsp3) is 0.333. The first-order valence-electron chi connectivity index (χ1n) is 7.19. The maximum atomic E-state index is 6.56. The van der Waals surface area contributed by atoms with Crippen LogP contribution in [0, 0.1) is 0 Å². The second kappa shape index (κ2) is 6.10. The van der Waals surface area contributed by atoms with Crippen LogP contribution in [0.25, 0.3) is 0 Å². The van der Waals surface area contributed by atoms with E-state index in [1.54, 1.807) is 0 Å².